The van der Waals surface area contributed by atoms with Gasteiger partial charge in [0.1, 0.15) is 0 Å². The number of fused-ring (bicyclic) bond motifs is 2. The van der Waals surface area contributed by atoms with Crippen LogP contribution in [0.4, 0.5) is 8.78 Å². The van der Waals surface area contributed by atoms with Crippen molar-refractivity contribution in [3.05, 3.63) is 64.8 Å². The average Bonchev–Trinajstić information content (AvgIpc) is 2.83. The minimum absolute atomic E-state index is 0.0469. The second-order valence-electron chi connectivity index (χ2n) is 8.68. The molecule has 9 heteroatoms. The number of allylic oxidation sites excluding steroid dienone is 1. The van der Waals surface area contributed by atoms with Gasteiger partial charge in [0.2, 0.25) is 6.41 Å². The van der Waals surface area contributed by atoms with Crippen LogP contribution in [0.15, 0.2) is 42.5 Å². The molecule has 1 aliphatic rings. The van der Waals surface area contributed by atoms with E-state index < -0.39 is 12.6 Å². The van der Waals surface area contributed by atoms with E-state index in [1.165, 1.54) is 18.1 Å². The molecule has 0 radical (unpaired) electrons. The molecule has 1 heterocycles. The maximum Gasteiger partial charge on any atom is 0.387 e. The highest BCUT2D eigenvalue weighted by atomic mass is 19.3. The molecule has 3 aromatic rings. The number of nitrogens with zero attached hydrogens (tertiary/aromatic N) is 2. The zero-order valence-corrected chi connectivity index (χ0v) is 20.5. The van der Waals surface area contributed by atoms with Gasteiger partial charge in [-0.05, 0) is 59.7 Å². The number of aromatic nitrogens is 1. The van der Waals surface area contributed by atoms with E-state index in [-0.39, 0.29) is 23.0 Å². The summed E-state index contributed by atoms with van der Waals surface area (Å²) < 4.78 is 34.9. The summed E-state index contributed by atoms with van der Waals surface area (Å²) in [5.74, 6) is -0.604. The number of amides is 1. The number of carbonyl (C=O) groups excluding carboxylic acids is 1. The Kier molecular flexibility index (Phi) is 8.58. The summed E-state index contributed by atoms with van der Waals surface area (Å²) >= 11 is 0. The number of para-hydroxylation sites is 1. The Bertz CT molecular complexity index is 1290. The number of carbonyl (C=O) groups is 2. The van der Waals surface area contributed by atoms with Crippen molar-refractivity contribution < 1.29 is 33.0 Å². The number of ether oxygens (including phenoxy) is 2. The Morgan fingerprint density at radius 1 is 1.17 bits per heavy atom. The number of pyridine rings is 1. The first-order chi connectivity index (χ1) is 17.1. The van der Waals surface area contributed by atoms with Crippen LogP contribution in [-0.2, 0) is 11.2 Å². The fraction of sp³-hybridized carbons (Fsp3) is 0.296. The van der Waals surface area contributed by atoms with Crippen molar-refractivity contribution in [1.82, 2.24) is 9.88 Å². The highest BCUT2D eigenvalue weighted by Crippen LogP contribution is 2.39. The molecule has 4 rings (SSSR count). The Morgan fingerprint density at radius 2 is 1.86 bits per heavy atom. The topological polar surface area (TPSA) is 89.0 Å². The number of benzene rings is 2. The van der Waals surface area contributed by atoms with Gasteiger partial charge in [0.25, 0.3) is 0 Å². The van der Waals surface area contributed by atoms with Crippen molar-refractivity contribution in [2.24, 2.45) is 5.92 Å². The molecule has 7 nitrogen and oxygen atoms in total. The molecule has 1 amide bonds. The molecular weight excluding hydrogens is 470 g/mol. The standard InChI is InChI=1S/C24H21F2NO4.C3H7NO/c1-13-9-15(11-14-7-8-19(31-24(25)26)20(12-14)30-2)22-17(10-13)21(23(28)29)16-5-3-4-6-18(16)27-22;1-4(2)3-5/h3-8,11-13,24H,9-10H2,1-2H3,(H,28,29);3H,1-2H3/b15-11-;. The van der Waals surface area contributed by atoms with Gasteiger partial charge in [-0.25, -0.2) is 9.78 Å². The van der Waals surface area contributed by atoms with E-state index in [1.807, 2.05) is 12.1 Å². The number of carboxylic acid groups (broad SMARTS) is 1. The Hall–Kier alpha value is -4.01. The number of methoxy groups -OCH3 is 1. The van der Waals surface area contributed by atoms with Gasteiger partial charge in [0.05, 0.1) is 23.9 Å². The number of carboxylic acids is 1. The molecule has 1 N–H and O–H groups in total. The predicted octanol–water partition coefficient (Wildman–Crippen LogP) is 5.37. The second kappa shape index (κ2) is 11.6. The average molecular weight is 499 g/mol. The van der Waals surface area contributed by atoms with E-state index in [9.17, 15) is 23.5 Å². The molecule has 0 saturated heterocycles. The third-order valence-corrected chi connectivity index (χ3v) is 5.59. The van der Waals surface area contributed by atoms with Crippen LogP contribution in [0, 0.1) is 5.92 Å². The van der Waals surface area contributed by atoms with Crippen LogP contribution in [0.2, 0.25) is 0 Å². The first-order valence-electron chi connectivity index (χ1n) is 11.2. The Labute approximate surface area is 208 Å². The van der Waals surface area contributed by atoms with Crippen molar-refractivity contribution in [2.45, 2.75) is 26.4 Å². The number of alkyl halides is 2. The normalized spacial score (nSPS) is 15.6. The molecule has 1 aromatic heterocycles. The smallest absolute Gasteiger partial charge is 0.387 e. The molecule has 0 fully saturated rings. The largest absolute Gasteiger partial charge is 0.493 e. The van der Waals surface area contributed by atoms with Crippen molar-refractivity contribution in [1.29, 1.82) is 0 Å². The van der Waals surface area contributed by atoms with Gasteiger partial charge in [-0.15, -0.1) is 0 Å². The van der Waals surface area contributed by atoms with Gasteiger partial charge in [-0.1, -0.05) is 31.2 Å². The SMILES string of the molecule is CN(C)C=O.COc1cc(/C=C2/CC(C)Cc3c2nc2ccccc2c3C(=O)O)ccc1OC(F)F. The lowest BCUT2D eigenvalue weighted by Gasteiger charge is -2.26. The van der Waals surface area contributed by atoms with Crippen LogP contribution in [-0.4, -0.2) is 55.2 Å². The van der Waals surface area contributed by atoms with Gasteiger partial charge < -0.3 is 19.5 Å². The molecule has 0 aliphatic heterocycles. The fourth-order valence-corrected chi connectivity index (χ4v) is 4.15. The maximum atomic E-state index is 12.6. The van der Waals surface area contributed by atoms with Crippen LogP contribution >= 0.6 is 0 Å². The molecule has 1 atom stereocenters. The molecule has 0 spiro atoms. The van der Waals surface area contributed by atoms with E-state index in [0.717, 1.165) is 29.5 Å². The molecule has 0 bridgehead atoms. The molecule has 190 valence electrons. The number of aromatic carboxylic acids is 1. The lowest BCUT2D eigenvalue weighted by atomic mass is 9.80. The zero-order chi connectivity index (χ0) is 26.4. The minimum Gasteiger partial charge on any atom is -0.493 e. The molecule has 36 heavy (non-hydrogen) atoms. The highest BCUT2D eigenvalue weighted by Gasteiger charge is 2.28. The summed E-state index contributed by atoms with van der Waals surface area (Å²) in [7, 11) is 4.76. The van der Waals surface area contributed by atoms with Gasteiger partial charge in [0, 0.05) is 19.5 Å². The number of hydrogen-bond acceptors (Lipinski definition) is 5. The van der Waals surface area contributed by atoms with Crippen LogP contribution in [0.1, 0.15) is 40.5 Å². The van der Waals surface area contributed by atoms with Crippen molar-refractivity contribution >= 4 is 34.9 Å². The number of hydrogen-bond donors (Lipinski definition) is 1. The molecule has 2 aromatic carbocycles. The van der Waals surface area contributed by atoms with Gasteiger partial charge in [-0.2, -0.15) is 8.78 Å². The van der Waals surface area contributed by atoms with E-state index in [4.69, 9.17) is 9.72 Å². The monoisotopic (exact) mass is 498 g/mol. The first-order valence-corrected chi connectivity index (χ1v) is 11.2. The van der Waals surface area contributed by atoms with Crippen LogP contribution < -0.4 is 9.47 Å². The Balaban J connectivity index is 0.000000658. The van der Waals surface area contributed by atoms with Crippen molar-refractivity contribution in [3.8, 4) is 11.5 Å². The molecule has 1 aliphatic carbocycles. The van der Waals surface area contributed by atoms with E-state index in [1.54, 1.807) is 44.4 Å². The van der Waals surface area contributed by atoms with Crippen molar-refractivity contribution in [2.75, 3.05) is 21.2 Å². The summed E-state index contributed by atoms with van der Waals surface area (Å²) in [5.41, 5.74) is 3.92. The fourth-order valence-electron chi connectivity index (χ4n) is 4.15. The molecular formula is C27H28F2N2O5. The van der Waals surface area contributed by atoms with Gasteiger partial charge in [0.15, 0.2) is 11.5 Å². The zero-order valence-electron chi connectivity index (χ0n) is 20.5. The van der Waals surface area contributed by atoms with E-state index >= 15 is 0 Å². The van der Waals surface area contributed by atoms with Gasteiger partial charge in [-0.3, -0.25) is 4.79 Å². The molecule has 0 saturated carbocycles. The number of halogens is 2. The molecule has 1 unspecified atom stereocenters. The summed E-state index contributed by atoms with van der Waals surface area (Å²) in [6, 6.07) is 11.9. The third kappa shape index (κ3) is 6.16. The van der Waals surface area contributed by atoms with Crippen LogP contribution in [0.25, 0.3) is 22.6 Å². The van der Waals surface area contributed by atoms with Crippen LogP contribution in [0.5, 0.6) is 11.5 Å². The van der Waals surface area contributed by atoms with E-state index in [0.29, 0.717) is 23.0 Å². The van der Waals surface area contributed by atoms with Crippen molar-refractivity contribution in [3.63, 3.8) is 0 Å². The number of rotatable bonds is 6. The minimum atomic E-state index is -2.95. The summed E-state index contributed by atoms with van der Waals surface area (Å²) in [5, 5.41) is 10.6. The van der Waals surface area contributed by atoms with Crippen LogP contribution in [0.3, 0.4) is 0 Å². The van der Waals surface area contributed by atoms with Gasteiger partial charge >= 0.3 is 12.6 Å². The highest BCUT2D eigenvalue weighted by molar-refractivity contribution is 6.06. The predicted molar refractivity (Wildman–Crippen MR) is 133 cm³/mol. The lowest BCUT2D eigenvalue weighted by Crippen LogP contribution is -2.17. The quantitative estimate of drug-likeness (QED) is 0.460. The summed E-state index contributed by atoms with van der Waals surface area (Å²) in [6.07, 6.45) is 3.99. The maximum absolute atomic E-state index is 12.6. The third-order valence-electron chi connectivity index (χ3n) is 5.59. The second-order valence-corrected chi connectivity index (χ2v) is 8.68. The lowest BCUT2D eigenvalue weighted by molar-refractivity contribution is -0.115. The van der Waals surface area contributed by atoms with E-state index in [2.05, 4.69) is 11.7 Å². The Morgan fingerprint density at radius 3 is 2.47 bits per heavy atom. The summed E-state index contributed by atoms with van der Waals surface area (Å²) in [6.45, 7) is -0.881. The summed E-state index contributed by atoms with van der Waals surface area (Å²) in [4.78, 5) is 27.8. The first kappa shape index (κ1) is 26.6.